The Hall–Kier alpha value is -2.12. The second-order valence-electron chi connectivity index (χ2n) is 4.53. The number of hydrogen-bond acceptors (Lipinski definition) is 5. The predicted molar refractivity (Wildman–Crippen MR) is 80.4 cm³/mol. The third-order valence-corrected chi connectivity index (χ3v) is 4.60. The Labute approximate surface area is 124 Å². The van der Waals surface area contributed by atoms with Gasteiger partial charge in [-0.15, -0.1) is 0 Å². The van der Waals surface area contributed by atoms with Crippen molar-refractivity contribution >= 4 is 15.7 Å². The minimum Gasteiger partial charge on any atom is -0.495 e. The fourth-order valence-electron chi connectivity index (χ4n) is 1.92. The SMILES string of the molecule is COc1cc(N)ccc1S(=O)(=O)NC(C)c1ccncc1. The molecule has 112 valence electrons. The normalized spacial score (nSPS) is 12.9. The molecule has 7 heteroatoms. The van der Waals surface area contributed by atoms with E-state index in [0.717, 1.165) is 5.56 Å². The highest BCUT2D eigenvalue weighted by Crippen LogP contribution is 2.27. The second kappa shape index (κ2) is 6.11. The van der Waals surface area contributed by atoms with Gasteiger partial charge in [0.1, 0.15) is 10.6 Å². The minimum atomic E-state index is -3.72. The Kier molecular flexibility index (Phi) is 4.44. The standard InChI is InChI=1S/C14H17N3O3S/c1-10(11-5-7-16-8-6-11)17-21(18,19)14-4-3-12(15)9-13(14)20-2/h3-10,17H,15H2,1-2H3. The van der Waals surface area contributed by atoms with Crippen molar-refractivity contribution in [3.8, 4) is 5.75 Å². The molecule has 0 aliphatic rings. The van der Waals surface area contributed by atoms with Gasteiger partial charge in [0.15, 0.2) is 0 Å². The van der Waals surface area contributed by atoms with Gasteiger partial charge in [-0.25, -0.2) is 13.1 Å². The molecule has 0 radical (unpaired) electrons. The van der Waals surface area contributed by atoms with Crippen LogP contribution in [0.25, 0.3) is 0 Å². The van der Waals surface area contributed by atoms with E-state index in [1.807, 2.05) is 0 Å². The van der Waals surface area contributed by atoms with Gasteiger partial charge in [0, 0.05) is 30.2 Å². The number of methoxy groups -OCH3 is 1. The summed E-state index contributed by atoms with van der Waals surface area (Å²) in [4.78, 5) is 3.96. The van der Waals surface area contributed by atoms with E-state index in [0.29, 0.717) is 5.69 Å². The van der Waals surface area contributed by atoms with E-state index in [9.17, 15) is 8.42 Å². The van der Waals surface area contributed by atoms with Gasteiger partial charge in [0.2, 0.25) is 10.0 Å². The third kappa shape index (κ3) is 3.50. The number of sulfonamides is 1. The lowest BCUT2D eigenvalue weighted by atomic mass is 10.1. The average molecular weight is 307 g/mol. The van der Waals surface area contributed by atoms with Gasteiger partial charge >= 0.3 is 0 Å². The van der Waals surface area contributed by atoms with Crippen molar-refractivity contribution in [1.82, 2.24) is 9.71 Å². The zero-order valence-corrected chi connectivity index (χ0v) is 12.6. The van der Waals surface area contributed by atoms with Gasteiger partial charge in [-0.2, -0.15) is 0 Å². The molecule has 0 fully saturated rings. The number of ether oxygens (including phenoxy) is 1. The molecule has 0 aliphatic carbocycles. The van der Waals surface area contributed by atoms with Crippen molar-refractivity contribution in [1.29, 1.82) is 0 Å². The number of benzene rings is 1. The molecule has 1 atom stereocenters. The molecule has 0 saturated heterocycles. The van der Waals surface area contributed by atoms with Crippen LogP contribution in [0, 0.1) is 0 Å². The molecular weight excluding hydrogens is 290 g/mol. The molecule has 2 rings (SSSR count). The maximum Gasteiger partial charge on any atom is 0.244 e. The van der Waals surface area contributed by atoms with Gasteiger partial charge in [-0.3, -0.25) is 4.98 Å². The van der Waals surface area contributed by atoms with Crippen LogP contribution in [0.4, 0.5) is 5.69 Å². The smallest absolute Gasteiger partial charge is 0.244 e. The van der Waals surface area contributed by atoms with Crippen LogP contribution < -0.4 is 15.2 Å². The van der Waals surface area contributed by atoms with E-state index < -0.39 is 10.0 Å². The monoisotopic (exact) mass is 307 g/mol. The van der Waals surface area contributed by atoms with Crippen LogP contribution in [0.15, 0.2) is 47.6 Å². The van der Waals surface area contributed by atoms with Crippen LogP contribution in [0.3, 0.4) is 0 Å². The van der Waals surface area contributed by atoms with Gasteiger partial charge in [0.05, 0.1) is 7.11 Å². The molecule has 3 N–H and O–H groups in total. The van der Waals surface area contributed by atoms with Gasteiger partial charge in [-0.1, -0.05) is 0 Å². The highest BCUT2D eigenvalue weighted by molar-refractivity contribution is 7.89. The van der Waals surface area contributed by atoms with Crippen molar-refractivity contribution in [2.75, 3.05) is 12.8 Å². The summed E-state index contributed by atoms with van der Waals surface area (Å²) in [5, 5.41) is 0. The highest BCUT2D eigenvalue weighted by atomic mass is 32.2. The van der Waals surface area contributed by atoms with E-state index in [2.05, 4.69) is 9.71 Å². The molecule has 1 aromatic heterocycles. The summed E-state index contributed by atoms with van der Waals surface area (Å²) in [5.74, 6) is 0.212. The Balaban J connectivity index is 2.31. The molecule has 2 aromatic rings. The Bertz CT molecular complexity index is 717. The molecule has 0 amide bonds. The number of nitrogen functional groups attached to an aromatic ring is 1. The fourth-order valence-corrected chi connectivity index (χ4v) is 3.31. The number of rotatable bonds is 5. The first-order valence-electron chi connectivity index (χ1n) is 6.30. The molecule has 21 heavy (non-hydrogen) atoms. The maximum absolute atomic E-state index is 12.5. The number of nitrogens with two attached hydrogens (primary N) is 1. The summed E-state index contributed by atoms with van der Waals surface area (Å²) in [6.07, 6.45) is 3.23. The summed E-state index contributed by atoms with van der Waals surface area (Å²) in [7, 11) is -2.32. The number of anilines is 1. The van der Waals surface area contributed by atoms with Crippen LogP contribution in [0.5, 0.6) is 5.75 Å². The van der Waals surface area contributed by atoms with Crippen molar-refractivity contribution in [2.24, 2.45) is 0 Å². The van der Waals surface area contributed by atoms with Crippen LogP contribution in [-0.2, 0) is 10.0 Å². The number of nitrogens with one attached hydrogen (secondary N) is 1. The summed E-state index contributed by atoms with van der Waals surface area (Å²) in [5.41, 5.74) is 6.90. The Morgan fingerprint density at radius 3 is 2.52 bits per heavy atom. The lowest BCUT2D eigenvalue weighted by Crippen LogP contribution is -2.27. The van der Waals surface area contributed by atoms with E-state index >= 15 is 0 Å². The summed E-state index contributed by atoms with van der Waals surface area (Å²) in [6, 6.07) is 7.55. The predicted octanol–water partition coefficient (Wildman–Crippen LogP) is 1.71. The summed E-state index contributed by atoms with van der Waals surface area (Å²) < 4.78 is 32.6. The average Bonchev–Trinajstić information content (AvgIpc) is 2.47. The molecule has 1 aromatic carbocycles. The van der Waals surface area contributed by atoms with Gasteiger partial charge in [-0.05, 0) is 36.8 Å². The molecule has 6 nitrogen and oxygen atoms in total. The topological polar surface area (TPSA) is 94.3 Å². The van der Waals surface area contributed by atoms with E-state index in [-0.39, 0.29) is 16.7 Å². The highest BCUT2D eigenvalue weighted by Gasteiger charge is 2.22. The molecule has 0 saturated carbocycles. The first-order chi connectivity index (χ1) is 9.94. The van der Waals surface area contributed by atoms with Gasteiger partial charge in [0.25, 0.3) is 0 Å². The first kappa shape index (κ1) is 15.3. The maximum atomic E-state index is 12.5. The van der Waals surface area contributed by atoms with Crippen LogP contribution in [-0.4, -0.2) is 20.5 Å². The lowest BCUT2D eigenvalue weighted by molar-refractivity contribution is 0.402. The minimum absolute atomic E-state index is 0.0557. The Morgan fingerprint density at radius 2 is 1.90 bits per heavy atom. The van der Waals surface area contributed by atoms with Gasteiger partial charge < -0.3 is 10.5 Å². The third-order valence-electron chi connectivity index (χ3n) is 3.02. The molecule has 0 spiro atoms. The first-order valence-corrected chi connectivity index (χ1v) is 7.78. The quantitative estimate of drug-likeness (QED) is 0.820. The van der Waals surface area contributed by atoms with Crippen LogP contribution in [0.1, 0.15) is 18.5 Å². The van der Waals surface area contributed by atoms with Crippen LogP contribution in [0.2, 0.25) is 0 Å². The molecule has 1 unspecified atom stereocenters. The largest absolute Gasteiger partial charge is 0.495 e. The summed E-state index contributed by atoms with van der Waals surface area (Å²) in [6.45, 7) is 1.76. The Morgan fingerprint density at radius 1 is 1.24 bits per heavy atom. The zero-order valence-electron chi connectivity index (χ0n) is 11.8. The zero-order chi connectivity index (χ0) is 15.5. The van der Waals surface area contributed by atoms with Crippen LogP contribution >= 0.6 is 0 Å². The number of aromatic nitrogens is 1. The van der Waals surface area contributed by atoms with Crippen molar-refractivity contribution in [3.05, 3.63) is 48.3 Å². The lowest BCUT2D eigenvalue weighted by Gasteiger charge is -2.16. The molecule has 1 heterocycles. The molecule has 0 aliphatic heterocycles. The van der Waals surface area contributed by atoms with E-state index in [4.69, 9.17) is 10.5 Å². The fraction of sp³-hybridized carbons (Fsp3) is 0.214. The van der Waals surface area contributed by atoms with E-state index in [1.54, 1.807) is 31.5 Å². The van der Waals surface area contributed by atoms with E-state index in [1.165, 1.54) is 25.3 Å². The number of nitrogens with zero attached hydrogens (tertiary/aromatic N) is 1. The molecular formula is C14H17N3O3S. The summed E-state index contributed by atoms with van der Waals surface area (Å²) >= 11 is 0. The van der Waals surface area contributed by atoms with Crippen molar-refractivity contribution in [2.45, 2.75) is 17.9 Å². The number of hydrogen-bond donors (Lipinski definition) is 2. The van der Waals surface area contributed by atoms with Crippen molar-refractivity contribution < 1.29 is 13.2 Å². The van der Waals surface area contributed by atoms with Crippen molar-refractivity contribution in [3.63, 3.8) is 0 Å². The second-order valence-corrected chi connectivity index (χ2v) is 6.22. The molecule has 0 bridgehead atoms. The number of pyridine rings is 1.